The van der Waals surface area contributed by atoms with Gasteiger partial charge in [0.25, 0.3) is 0 Å². The number of hydrogen-bond acceptors (Lipinski definition) is 5. The highest BCUT2D eigenvalue weighted by molar-refractivity contribution is 5.75. The molecule has 116 valence electrons. The monoisotopic (exact) mass is 307 g/mol. The van der Waals surface area contributed by atoms with Crippen molar-refractivity contribution in [1.82, 2.24) is 9.97 Å². The van der Waals surface area contributed by atoms with Crippen LogP contribution in [0.3, 0.4) is 0 Å². The molecule has 0 radical (unpaired) electrons. The van der Waals surface area contributed by atoms with Gasteiger partial charge < -0.3 is 9.64 Å². The summed E-state index contributed by atoms with van der Waals surface area (Å²) in [5, 5.41) is 0. The van der Waals surface area contributed by atoms with Gasteiger partial charge in [0.15, 0.2) is 11.6 Å². The maximum atomic E-state index is 13.3. The summed E-state index contributed by atoms with van der Waals surface area (Å²) >= 11 is 0. The number of benzene rings is 1. The van der Waals surface area contributed by atoms with Gasteiger partial charge in [0.05, 0.1) is 7.11 Å². The van der Waals surface area contributed by atoms with Crippen molar-refractivity contribution in [3.05, 3.63) is 53.5 Å². The Labute approximate surface area is 126 Å². The van der Waals surface area contributed by atoms with Gasteiger partial charge in [-0.3, -0.25) is 4.79 Å². The number of hydrogen-bond donors (Lipinski definition) is 0. The third-order valence-corrected chi connectivity index (χ3v) is 3.02. The zero-order chi connectivity index (χ0) is 16.1. The van der Waals surface area contributed by atoms with E-state index >= 15 is 0 Å². The van der Waals surface area contributed by atoms with Crippen molar-refractivity contribution in [3.8, 4) is 0 Å². The molecule has 0 saturated heterocycles. The molecule has 0 unspecified atom stereocenters. The Kier molecular flexibility index (Phi) is 4.98. The predicted molar refractivity (Wildman–Crippen MR) is 76.2 cm³/mol. The summed E-state index contributed by atoms with van der Waals surface area (Å²) in [5.74, 6) is -1.81. The number of methoxy groups -OCH3 is 1. The third-order valence-electron chi connectivity index (χ3n) is 3.02. The predicted octanol–water partition coefficient (Wildman–Crippen LogP) is 2.24. The fourth-order valence-electron chi connectivity index (χ4n) is 1.91. The molecule has 0 saturated carbocycles. The van der Waals surface area contributed by atoms with Crippen molar-refractivity contribution in [3.63, 3.8) is 0 Å². The molecule has 7 heteroatoms. The van der Waals surface area contributed by atoms with Crippen LogP contribution in [0.15, 0.2) is 30.6 Å². The molecule has 1 heterocycles. The fourth-order valence-corrected chi connectivity index (χ4v) is 1.91. The van der Waals surface area contributed by atoms with Crippen LogP contribution in [0.2, 0.25) is 0 Å². The van der Waals surface area contributed by atoms with Gasteiger partial charge in [-0.15, -0.1) is 0 Å². The van der Waals surface area contributed by atoms with E-state index in [1.54, 1.807) is 17.9 Å². The lowest BCUT2D eigenvalue weighted by Crippen LogP contribution is -2.31. The van der Waals surface area contributed by atoms with Crippen LogP contribution < -0.4 is 4.90 Å². The average Bonchev–Trinajstić information content (AvgIpc) is 2.50. The molecule has 2 aromatic rings. The molecular formula is C15H15F2N3O2. The van der Waals surface area contributed by atoms with Crippen LogP contribution >= 0.6 is 0 Å². The molecule has 0 amide bonds. The highest BCUT2D eigenvalue weighted by Crippen LogP contribution is 2.16. The normalized spacial score (nSPS) is 10.4. The summed E-state index contributed by atoms with van der Waals surface area (Å²) in [4.78, 5) is 21.2. The molecule has 5 nitrogen and oxygen atoms in total. The van der Waals surface area contributed by atoms with Crippen molar-refractivity contribution in [2.75, 3.05) is 18.6 Å². The smallest absolute Gasteiger partial charge is 0.325 e. The van der Waals surface area contributed by atoms with Gasteiger partial charge in [-0.1, -0.05) is 6.07 Å². The van der Waals surface area contributed by atoms with Gasteiger partial charge in [-0.25, -0.2) is 18.7 Å². The first-order valence-corrected chi connectivity index (χ1v) is 6.54. The zero-order valence-corrected chi connectivity index (χ0v) is 12.2. The van der Waals surface area contributed by atoms with Crippen molar-refractivity contribution in [1.29, 1.82) is 0 Å². The zero-order valence-electron chi connectivity index (χ0n) is 12.2. The Hall–Kier alpha value is -2.57. The molecule has 0 fully saturated rings. The molecule has 0 N–H and O–H groups in total. The minimum atomic E-state index is -0.936. The average molecular weight is 307 g/mol. The highest BCUT2D eigenvalue weighted by atomic mass is 19.2. The van der Waals surface area contributed by atoms with Crippen LogP contribution in [0, 0.1) is 18.6 Å². The van der Waals surface area contributed by atoms with E-state index in [4.69, 9.17) is 0 Å². The standard InChI is InChI=1S/C15H15F2N3O2/c1-10-5-14(19-9-18-10)20(8-15(21)22-2)7-11-3-4-12(16)13(17)6-11/h3-6,9H,7-8H2,1-2H3. The molecule has 2 rings (SSSR count). The Morgan fingerprint density at radius 1 is 1.23 bits per heavy atom. The minimum absolute atomic E-state index is 0.0635. The van der Waals surface area contributed by atoms with Gasteiger partial charge in [0.2, 0.25) is 0 Å². The van der Waals surface area contributed by atoms with Gasteiger partial charge in [-0.2, -0.15) is 0 Å². The van der Waals surface area contributed by atoms with Gasteiger partial charge in [0, 0.05) is 18.3 Å². The van der Waals surface area contributed by atoms with Gasteiger partial charge >= 0.3 is 5.97 Å². The summed E-state index contributed by atoms with van der Waals surface area (Å²) < 4.78 is 31.0. The number of aryl methyl sites for hydroxylation is 1. The molecule has 0 aliphatic rings. The summed E-state index contributed by atoms with van der Waals surface area (Å²) in [6.45, 7) is 1.91. The van der Waals surface area contributed by atoms with Crippen LogP contribution in [0.5, 0.6) is 0 Å². The maximum Gasteiger partial charge on any atom is 0.325 e. The molecule has 0 bridgehead atoms. The number of rotatable bonds is 5. The Morgan fingerprint density at radius 2 is 2.00 bits per heavy atom. The molecule has 0 aliphatic heterocycles. The minimum Gasteiger partial charge on any atom is -0.468 e. The largest absolute Gasteiger partial charge is 0.468 e. The lowest BCUT2D eigenvalue weighted by atomic mass is 10.2. The number of nitrogens with zero attached hydrogens (tertiary/aromatic N) is 3. The van der Waals surface area contributed by atoms with E-state index in [0.29, 0.717) is 11.4 Å². The highest BCUT2D eigenvalue weighted by Gasteiger charge is 2.15. The molecule has 1 aromatic carbocycles. The van der Waals surface area contributed by atoms with Crippen molar-refractivity contribution in [2.24, 2.45) is 0 Å². The topological polar surface area (TPSA) is 55.3 Å². The molecule has 22 heavy (non-hydrogen) atoms. The maximum absolute atomic E-state index is 13.3. The third kappa shape index (κ3) is 3.97. The first-order chi connectivity index (χ1) is 10.5. The molecule has 1 aromatic heterocycles. The number of carbonyl (C=O) groups excluding carboxylic acids is 1. The second kappa shape index (κ2) is 6.93. The van der Waals surface area contributed by atoms with Crippen LogP contribution in [-0.2, 0) is 16.1 Å². The number of carbonyl (C=O) groups is 1. The summed E-state index contributed by atoms with van der Waals surface area (Å²) in [5.41, 5.74) is 1.24. The molecule has 0 aliphatic carbocycles. The van der Waals surface area contributed by atoms with Gasteiger partial charge in [-0.05, 0) is 24.6 Å². The van der Waals surface area contributed by atoms with E-state index in [2.05, 4.69) is 14.7 Å². The van der Waals surface area contributed by atoms with E-state index < -0.39 is 17.6 Å². The summed E-state index contributed by atoms with van der Waals surface area (Å²) in [6, 6.07) is 5.29. The molecule has 0 atom stereocenters. The number of esters is 1. The molecular weight excluding hydrogens is 292 g/mol. The van der Waals surface area contributed by atoms with E-state index in [0.717, 1.165) is 17.8 Å². The lowest BCUT2D eigenvalue weighted by Gasteiger charge is -2.22. The number of ether oxygens (including phenoxy) is 1. The van der Waals surface area contributed by atoms with E-state index in [1.807, 2.05) is 0 Å². The van der Waals surface area contributed by atoms with Crippen LogP contribution in [0.4, 0.5) is 14.6 Å². The van der Waals surface area contributed by atoms with Crippen molar-refractivity contribution >= 4 is 11.8 Å². The molecule has 0 spiro atoms. The second-order valence-corrected chi connectivity index (χ2v) is 4.70. The second-order valence-electron chi connectivity index (χ2n) is 4.70. The summed E-state index contributed by atoms with van der Waals surface area (Å²) in [7, 11) is 1.28. The number of halogens is 2. The quantitative estimate of drug-likeness (QED) is 0.793. The first-order valence-electron chi connectivity index (χ1n) is 6.54. The Morgan fingerprint density at radius 3 is 2.64 bits per heavy atom. The number of aromatic nitrogens is 2. The van der Waals surface area contributed by atoms with Crippen LogP contribution in [0.25, 0.3) is 0 Å². The van der Waals surface area contributed by atoms with Gasteiger partial charge in [0.1, 0.15) is 18.7 Å². The lowest BCUT2D eigenvalue weighted by molar-refractivity contribution is -0.139. The fraction of sp³-hybridized carbons (Fsp3) is 0.267. The summed E-state index contributed by atoms with van der Waals surface area (Å²) in [6.07, 6.45) is 1.38. The van der Waals surface area contributed by atoms with E-state index in [9.17, 15) is 13.6 Å². The Bertz CT molecular complexity index is 680. The number of anilines is 1. The van der Waals surface area contributed by atoms with Crippen LogP contribution in [-0.4, -0.2) is 29.6 Å². The van der Waals surface area contributed by atoms with Crippen molar-refractivity contribution < 1.29 is 18.3 Å². The van der Waals surface area contributed by atoms with Crippen LogP contribution in [0.1, 0.15) is 11.3 Å². The Balaban J connectivity index is 2.27. The first kappa shape index (κ1) is 15.8. The SMILES string of the molecule is COC(=O)CN(Cc1ccc(F)c(F)c1)c1cc(C)ncn1. The van der Waals surface area contributed by atoms with E-state index in [-0.39, 0.29) is 13.1 Å². The van der Waals surface area contributed by atoms with E-state index in [1.165, 1.54) is 19.5 Å². The van der Waals surface area contributed by atoms with Crippen molar-refractivity contribution in [2.45, 2.75) is 13.5 Å².